The van der Waals surface area contributed by atoms with Gasteiger partial charge in [0.05, 0.1) is 7.11 Å². The predicted molar refractivity (Wildman–Crippen MR) is 79.2 cm³/mol. The summed E-state index contributed by atoms with van der Waals surface area (Å²) in [4.78, 5) is 0.926. The van der Waals surface area contributed by atoms with Gasteiger partial charge in [0.15, 0.2) is 9.84 Å². The summed E-state index contributed by atoms with van der Waals surface area (Å²) >= 11 is 1.51. The minimum atomic E-state index is -3.20. The fourth-order valence-electron chi connectivity index (χ4n) is 1.68. The lowest BCUT2D eigenvalue weighted by Crippen LogP contribution is -1.94. The van der Waals surface area contributed by atoms with Crippen LogP contribution in [0.5, 0.6) is 5.75 Å². The van der Waals surface area contributed by atoms with Gasteiger partial charge in [0.1, 0.15) is 5.75 Å². The van der Waals surface area contributed by atoms with E-state index < -0.39 is 9.84 Å². The molecule has 0 aliphatic rings. The average molecular weight is 294 g/mol. The zero-order valence-corrected chi connectivity index (χ0v) is 12.3. The summed E-state index contributed by atoms with van der Waals surface area (Å²) < 4.78 is 28.2. The van der Waals surface area contributed by atoms with Gasteiger partial charge in [-0.2, -0.15) is 0 Å². The molecule has 5 heteroatoms. The second-order valence-electron chi connectivity index (χ2n) is 4.07. The average Bonchev–Trinajstić information content (AvgIpc) is 2.89. The second-order valence-corrected chi connectivity index (χ2v) is 6.91. The summed E-state index contributed by atoms with van der Waals surface area (Å²) in [6.07, 6.45) is 1.20. The Labute approximate surface area is 117 Å². The fraction of sp³-hybridized carbons (Fsp3) is 0.143. The first-order valence-electron chi connectivity index (χ1n) is 5.59. The van der Waals surface area contributed by atoms with Crippen LogP contribution < -0.4 is 4.74 Å². The van der Waals surface area contributed by atoms with Crippen LogP contribution in [0, 0.1) is 0 Å². The molecule has 0 N–H and O–H groups in total. The number of hydrogen-bond donors (Lipinski definition) is 0. The monoisotopic (exact) mass is 294 g/mol. The topological polar surface area (TPSA) is 43.4 Å². The van der Waals surface area contributed by atoms with Crippen molar-refractivity contribution in [2.24, 2.45) is 0 Å². The third-order valence-corrected chi connectivity index (χ3v) is 4.09. The first kappa shape index (κ1) is 13.8. The van der Waals surface area contributed by atoms with E-state index in [4.69, 9.17) is 4.74 Å². The van der Waals surface area contributed by atoms with E-state index >= 15 is 0 Å². The van der Waals surface area contributed by atoms with Crippen LogP contribution in [0.25, 0.3) is 5.57 Å². The van der Waals surface area contributed by atoms with Gasteiger partial charge >= 0.3 is 0 Å². The Kier molecular flexibility index (Phi) is 4.07. The van der Waals surface area contributed by atoms with Gasteiger partial charge in [0, 0.05) is 22.1 Å². The molecule has 0 bridgehead atoms. The highest BCUT2D eigenvalue weighted by Crippen LogP contribution is 2.29. The van der Waals surface area contributed by atoms with E-state index in [1.54, 1.807) is 7.11 Å². The van der Waals surface area contributed by atoms with Crippen LogP contribution in [-0.4, -0.2) is 21.8 Å². The van der Waals surface area contributed by atoms with E-state index in [2.05, 4.69) is 0 Å². The fourth-order valence-corrected chi connectivity index (χ4v) is 3.22. The Hall–Kier alpha value is -1.59. The molecule has 0 radical (unpaired) electrons. The van der Waals surface area contributed by atoms with Crippen molar-refractivity contribution in [2.45, 2.75) is 0 Å². The predicted octanol–water partition coefficient (Wildman–Crippen LogP) is 3.19. The molecule has 0 atom stereocenters. The van der Waals surface area contributed by atoms with Gasteiger partial charge in [0.2, 0.25) is 0 Å². The van der Waals surface area contributed by atoms with Crippen molar-refractivity contribution in [3.05, 3.63) is 57.6 Å². The summed E-state index contributed by atoms with van der Waals surface area (Å²) in [5, 5.41) is 3.23. The van der Waals surface area contributed by atoms with Crippen LogP contribution in [0.4, 0.5) is 0 Å². The maximum Gasteiger partial charge on any atom is 0.169 e. The zero-order chi connectivity index (χ0) is 13.9. The Morgan fingerprint density at radius 3 is 2.37 bits per heavy atom. The molecule has 0 aliphatic carbocycles. The molecule has 2 aromatic rings. The molecule has 0 saturated carbocycles. The molecule has 0 saturated heterocycles. The van der Waals surface area contributed by atoms with Gasteiger partial charge < -0.3 is 4.74 Å². The Morgan fingerprint density at radius 2 is 1.89 bits per heavy atom. The van der Waals surface area contributed by atoms with E-state index in [1.807, 2.05) is 41.8 Å². The van der Waals surface area contributed by atoms with E-state index in [9.17, 15) is 8.42 Å². The van der Waals surface area contributed by atoms with E-state index in [0.29, 0.717) is 5.57 Å². The molecular weight excluding hydrogens is 280 g/mol. The molecule has 2 rings (SSSR count). The molecule has 19 heavy (non-hydrogen) atoms. The largest absolute Gasteiger partial charge is 0.497 e. The lowest BCUT2D eigenvalue weighted by molar-refractivity contribution is 0.415. The van der Waals surface area contributed by atoms with Crippen LogP contribution >= 0.6 is 11.3 Å². The molecule has 0 unspecified atom stereocenters. The summed E-state index contributed by atoms with van der Waals surface area (Å²) in [5.41, 5.74) is 1.56. The summed E-state index contributed by atoms with van der Waals surface area (Å²) in [5.74, 6) is 0.744. The Bertz CT molecular complexity index is 666. The molecule has 1 heterocycles. The van der Waals surface area contributed by atoms with Crippen molar-refractivity contribution >= 4 is 26.7 Å². The summed E-state index contributed by atoms with van der Waals surface area (Å²) in [7, 11) is -1.60. The van der Waals surface area contributed by atoms with Crippen molar-refractivity contribution in [3.63, 3.8) is 0 Å². The van der Waals surface area contributed by atoms with Gasteiger partial charge in [0.25, 0.3) is 0 Å². The second kappa shape index (κ2) is 5.59. The van der Waals surface area contributed by atoms with Crippen LogP contribution in [-0.2, 0) is 9.84 Å². The van der Waals surface area contributed by atoms with Gasteiger partial charge in [-0.05, 0) is 29.1 Å². The van der Waals surface area contributed by atoms with E-state index in [0.717, 1.165) is 16.2 Å². The highest BCUT2D eigenvalue weighted by Gasteiger charge is 2.10. The molecule has 0 amide bonds. The van der Waals surface area contributed by atoms with Crippen LogP contribution in [0.15, 0.2) is 47.2 Å². The SMILES string of the molecule is COc1ccc(/C(=C/S(C)(=O)=O)c2cccs2)cc1. The third-order valence-electron chi connectivity index (χ3n) is 2.52. The minimum Gasteiger partial charge on any atom is -0.497 e. The van der Waals surface area contributed by atoms with Crippen molar-refractivity contribution in [1.29, 1.82) is 0 Å². The first-order chi connectivity index (χ1) is 8.99. The number of rotatable bonds is 4. The van der Waals surface area contributed by atoms with Crippen LogP contribution in [0.2, 0.25) is 0 Å². The Balaban J connectivity index is 2.52. The summed E-state index contributed by atoms with van der Waals surface area (Å²) in [6.45, 7) is 0. The van der Waals surface area contributed by atoms with Crippen molar-refractivity contribution < 1.29 is 13.2 Å². The molecule has 0 aliphatic heterocycles. The van der Waals surface area contributed by atoms with Crippen molar-refractivity contribution in [2.75, 3.05) is 13.4 Å². The number of ether oxygens (including phenoxy) is 1. The van der Waals surface area contributed by atoms with Gasteiger partial charge in [-0.15, -0.1) is 11.3 Å². The lowest BCUT2D eigenvalue weighted by atomic mass is 10.1. The third kappa shape index (κ3) is 3.68. The van der Waals surface area contributed by atoms with Gasteiger partial charge in [-0.25, -0.2) is 8.42 Å². The number of benzene rings is 1. The zero-order valence-electron chi connectivity index (χ0n) is 10.7. The molecular formula is C14H14O3S2. The Morgan fingerprint density at radius 1 is 1.21 bits per heavy atom. The molecule has 1 aromatic heterocycles. The van der Waals surface area contributed by atoms with E-state index in [1.165, 1.54) is 23.0 Å². The maximum absolute atomic E-state index is 11.5. The van der Waals surface area contributed by atoms with E-state index in [-0.39, 0.29) is 0 Å². The standard InChI is InChI=1S/C14H14O3S2/c1-17-12-7-5-11(6-8-12)13(10-19(2,15)16)14-4-3-9-18-14/h3-10H,1-2H3/b13-10-. The highest BCUT2D eigenvalue weighted by molar-refractivity contribution is 7.93. The van der Waals surface area contributed by atoms with Crippen LogP contribution in [0.1, 0.15) is 10.4 Å². The number of thiophene rings is 1. The molecule has 100 valence electrons. The van der Waals surface area contributed by atoms with Crippen molar-refractivity contribution in [1.82, 2.24) is 0 Å². The lowest BCUT2D eigenvalue weighted by Gasteiger charge is -2.07. The normalized spacial score (nSPS) is 12.4. The number of methoxy groups -OCH3 is 1. The molecule has 0 spiro atoms. The number of sulfone groups is 1. The first-order valence-corrected chi connectivity index (χ1v) is 8.43. The maximum atomic E-state index is 11.5. The summed E-state index contributed by atoms with van der Waals surface area (Å²) in [6, 6.07) is 11.2. The molecule has 3 nitrogen and oxygen atoms in total. The quantitative estimate of drug-likeness (QED) is 0.870. The van der Waals surface area contributed by atoms with Crippen LogP contribution in [0.3, 0.4) is 0 Å². The molecule has 1 aromatic carbocycles. The minimum absolute atomic E-state index is 0.708. The number of hydrogen-bond acceptors (Lipinski definition) is 4. The molecule has 0 fully saturated rings. The van der Waals surface area contributed by atoms with Gasteiger partial charge in [-0.3, -0.25) is 0 Å². The highest BCUT2D eigenvalue weighted by atomic mass is 32.2. The van der Waals surface area contributed by atoms with Crippen molar-refractivity contribution in [3.8, 4) is 5.75 Å². The van der Waals surface area contributed by atoms with Gasteiger partial charge in [-0.1, -0.05) is 18.2 Å². The smallest absolute Gasteiger partial charge is 0.169 e.